The average Bonchev–Trinajstić information content (AvgIpc) is 2.71. The van der Waals surface area contributed by atoms with Gasteiger partial charge in [0.15, 0.2) is 0 Å². The molecular formula is C14H12BrN5O4. The van der Waals surface area contributed by atoms with Crippen LogP contribution in [0.4, 0.5) is 5.69 Å². The Kier molecular flexibility index (Phi) is 3.76. The molecule has 1 aromatic carbocycles. The van der Waals surface area contributed by atoms with Gasteiger partial charge in [0.25, 0.3) is 5.56 Å². The van der Waals surface area contributed by atoms with Crippen molar-refractivity contribution in [2.24, 2.45) is 19.1 Å². The predicted octanol–water partition coefficient (Wildman–Crippen LogP) is 0.472. The number of aromatic hydroxyl groups is 1. The third-order valence-corrected chi connectivity index (χ3v) is 4.27. The van der Waals surface area contributed by atoms with E-state index in [-0.39, 0.29) is 11.3 Å². The Morgan fingerprint density at radius 1 is 1.12 bits per heavy atom. The number of nitrogens with one attached hydrogen (secondary N) is 2. The van der Waals surface area contributed by atoms with E-state index in [1.165, 1.54) is 9.13 Å². The molecule has 3 aromatic rings. The number of rotatable bonds is 2. The summed E-state index contributed by atoms with van der Waals surface area (Å²) in [6, 6.07) is 3.41. The molecule has 0 atom stereocenters. The van der Waals surface area contributed by atoms with E-state index in [2.05, 4.69) is 25.9 Å². The lowest BCUT2D eigenvalue weighted by atomic mass is 10.2. The highest BCUT2D eigenvalue weighted by atomic mass is 79.9. The summed E-state index contributed by atoms with van der Waals surface area (Å²) >= 11 is 3.36. The molecule has 0 fully saturated rings. The molecular weight excluding hydrogens is 382 g/mol. The maximum atomic E-state index is 12.0. The molecule has 0 amide bonds. The Morgan fingerprint density at radius 2 is 1.75 bits per heavy atom. The van der Waals surface area contributed by atoms with Gasteiger partial charge in [-0.2, -0.15) is 0 Å². The van der Waals surface area contributed by atoms with Crippen LogP contribution in [0, 0.1) is 0 Å². The van der Waals surface area contributed by atoms with Crippen LogP contribution in [0.2, 0.25) is 0 Å². The number of aryl methyl sites for hydroxylation is 2. The Labute approximate surface area is 142 Å². The third-order valence-electron chi connectivity index (χ3n) is 3.63. The first-order chi connectivity index (χ1) is 11.3. The zero-order valence-electron chi connectivity index (χ0n) is 12.6. The van der Waals surface area contributed by atoms with Crippen molar-refractivity contribution in [3.05, 3.63) is 53.5 Å². The topological polar surface area (TPSA) is 125 Å². The maximum Gasteiger partial charge on any atom is 0.328 e. The zero-order valence-corrected chi connectivity index (χ0v) is 14.2. The van der Waals surface area contributed by atoms with Crippen LogP contribution in [0.15, 0.2) is 36.0 Å². The van der Waals surface area contributed by atoms with Gasteiger partial charge in [-0.25, -0.2) is 9.59 Å². The van der Waals surface area contributed by atoms with Crippen LogP contribution in [-0.2, 0) is 14.1 Å². The molecule has 0 radical (unpaired) electrons. The van der Waals surface area contributed by atoms with E-state index >= 15 is 0 Å². The van der Waals surface area contributed by atoms with Crippen LogP contribution in [0.3, 0.4) is 0 Å². The molecule has 3 N–H and O–H groups in total. The van der Waals surface area contributed by atoms with Crippen molar-refractivity contribution < 1.29 is 5.11 Å². The van der Waals surface area contributed by atoms with E-state index in [1.54, 1.807) is 26.2 Å². The Hall–Kier alpha value is -2.88. The van der Waals surface area contributed by atoms with Crippen LogP contribution >= 0.6 is 15.9 Å². The van der Waals surface area contributed by atoms with Crippen molar-refractivity contribution >= 4 is 38.9 Å². The zero-order chi connectivity index (χ0) is 17.6. The SMILES string of the molecule is Cn1c(=O)n(C)c2cc(N=Cc3c(O)[nH]c(=O)[nH]c3=O)c(Br)cc21. The smallest absolute Gasteiger partial charge is 0.328 e. The summed E-state index contributed by atoms with van der Waals surface area (Å²) in [4.78, 5) is 43.0. The summed E-state index contributed by atoms with van der Waals surface area (Å²) < 4.78 is 3.59. The van der Waals surface area contributed by atoms with Crippen LogP contribution in [0.1, 0.15) is 5.56 Å². The van der Waals surface area contributed by atoms with Gasteiger partial charge in [-0.3, -0.25) is 28.9 Å². The number of aromatic nitrogens is 4. The molecule has 0 aliphatic carbocycles. The van der Waals surface area contributed by atoms with Crippen molar-refractivity contribution in [1.82, 2.24) is 19.1 Å². The summed E-state index contributed by atoms with van der Waals surface area (Å²) in [5, 5.41) is 9.65. The van der Waals surface area contributed by atoms with Gasteiger partial charge in [0.1, 0.15) is 5.56 Å². The fourth-order valence-corrected chi connectivity index (χ4v) is 2.78. The van der Waals surface area contributed by atoms with Gasteiger partial charge in [0.05, 0.1) is 16.7 Å². The van der Waals surface area contributed by atoms with Gasteiger partial charge in [0.2, 0.25) is 5.88 Å². The van der Waals surface area contributed by atoms with Gasteiger partial charge >= 0.3 is 11.4 Å². The quantitative estimate of drug-likeness (QED) is 0.547. The standard InChI is InChI=1S/C14H12BrN5O4/c1-19-9-3-7(15)8(4-10(9)20(2)14(19)24)16-5-6-11(21)17-13(23)18-12(6)22/h3-5H,1-2H3,(H3,17,18,21,22,23). The lowest BCUT2D eigenvalue weighted by Gasteiger charge is -2.02. The number of nitrogens with zero attached hydrogens (tertiary/aromatic N) is 3. The Bertz CT molecular complexity index is 1160. The highest BCUT2D eigenvalue weighted by molar-refractivity contribution is 9.10. The normalized spacial score (nSPS) is 11.6. The van der Waals surface area contributed by atoms with Gasteiger partial charge in [-0.15, -0.1) is 0 Å². The van der Waals surface area contributed by atoms with Crippen LogP contribution in [-0.4, -0.2) is 30.4 Å². The second kappa shape index (κ2) is 5.64. The second-order valence-electron chi connectivity index (χ2n) is 5.12. The number of aliphatic imine (C=N–C) groups is 1. The van der Waals surface area contributed by atoms with E-state index in [0.717, 1.165) is 11.7 Å². The van der Waals surface area contributed by atoms with Crippen LogP contribution < -0.4 is 16.9 Å². The first-order valence-electron chi connectivity index (χ1n) is 6.74. The molecule has 2 heterocycles. The number of benzene rings is 1. The molecule has 0 bridgehead atoms. The van der Waals surface area contributed by atoms with E-state index in [0.29, 0.717) is 15.7 Å². The molecule has 0 saturated heterocycles. The number of hydrogen-bond donors (Lipinski definition) is 3. The van der Waals surface area contributed by atoms with E-state index < -0.39 is 17.1 Å². The second-order valence-corrected chi connectivity index (χ2v) is 5.98. The van der Waals surface area contributed by atoms with Crippen molar-refractivity contribution in [3.63, 3.8) is 0 Å². The largest absolute Gasteiger partial charge is 0.494 e. The molecule has 0 unspecified atom stereocenters. The molecule has 0 spiro atoms. The number of imidazole rings is 1. The van der Waals surface area contributed by atoms with Gasteiger partial charge in [-0.1, -0.05) is 0 Å². The summed E-state index contributed by atoms with van der Waals surface area (Å²) in [5.74, 6) is -0.572. The highest BCUT2D eigenvalue weighted by Crippen LogP contribution is 2.30. The maximum absolute atomic E-state index is 12.0. The predicted molar refractivity (Wildman–Crippen MR) is 92.5 cm³/mol. The third kappa shape index (κ3) is 2.50. The lowest BCUT2D eigenvalue weighted by molar-refractivity contribution is 0.447. The average molecular weight is 394 g/mol. The van der Waals surface area contributed by atoms with Crippen molar-refractivity contribution in [3.8, 4) is 5.88 Å². The Morgan fingerprint density at radius 3 is 2.38 bits per heavy atom. The van der Waals surface area contributed by atoms with Crippen molar-refractivity contribution in [1.29, 1.82) is 0 Å². The molecule has 9 nitrogen and oxygen atoms in total. The molecule has 124 valence electrons. The summed E-state index contributed by atoms with van der Waals surface area (Å²) in [6.45, 7) is 0. The summed E-state index contributed by atoms with van der Waals surface area (Å²) in [5.41, 5.74) is -0.0821. The summed E-state index contributed by atoms with van der Waals surface area (Å²) in [6.07, 6.45) is 1.14. The van der Waals surface area contributed by atoms with Crippen molar-refractivity contribution in [2.45, 2.75) is 0 Å². The number of aromatic amines is 2. The summed E-state index contributed by atoms with van der Waals surface area (Å²) in [7, 11) is 3.31. The van der Waals surface area contributed by atoms with Gasteiger partial charge in [-0.05, 0) is 28.1 Å². The van der Waals surface area contributed by atoms with Gasteiger partial charge < -0.3 is 5.11 Å². The highest BCUT2D eigenvalue weighted by Gasteiger charge is 2.11. The molecule has 10 heteroatoms. The molecule has 0 saturated carbocycles. The minimum atomic E-state index is -0.809. The number of halogens is 1. The monoisotopic (exact) mass is 393 g/mol. The van der Waals surface area contributed by atoms with Gasteiger partial charge in [0, 0.05) is 24.8 Å². The van der Waals surface area contributed by atoms with E-state index in [9.17, 15) is 19.5 Å². The van der Waals surface area contributed by atoms with E-state index in [1.807, 2.05) is 4.98 Å². The van der Waals surface area contributed by atoms with Crippen LogP contribution in [0.5, 0.6) is 5.88 Å². The van der Waals surface area contributed by atoms with E-state index in [4.69, 9.17) is 0 Å². The lowest BCUT2D eigenvalue weighted by Crippen LogP contribution is -2.24. The number of H-pyrrole nitrogens is 2. The minimum Gasteiger partial charge on any atom is -0.494 e. The first-order valence-corrected chi connectivity index (χ1v) is 7.53. The number of hydrogen-bond acceptors (Lipinski definition) is 5. The fraction of sp³-hybridized carbons (Fsp3) is 0.143. The van der Waals surface area contributed by atoms with Crippen molar-refractivity contribution in [2.75, 3.05) is 0 Å². The Balaban J connectivity index is 2.16. The molecule has 0 aliphatic heterocycles. The first kappa shape index (κ1) is 16.0. The fourth-order valence-electron chi connectivity index (χ4n) is 2.35. The minimum absolute atomic E-state index is 0.173. The molecule has 3 rings (SSSR count). The molecule has 24 heavy (non-hydrogen) atoms. The van der Waals surface area contributed by atoms with Crippen LogP contribution in [0.25, 0.3) is 11.0 Å². The molecule has 2 aromatic heterocycles. The number of fused-ring (bicyclic) bond motifs is 1. The molecule has 0 aliphatic rings.